The molecule has 0 aliphatic carbocycles. The van der Waals surface area contributed by atoms with Crippen molar-refractivity contribution in [1.29, 1.82) is 0 Å². The fraction of sp³-hybridized carbons (Fsp3) is 0.353. The summed E-state index contributed by atoms with van der Waals surface area (Å²) in [5.41, 5.74) is -1.22. The summed E-state index contributed by atoms with van der Waals surface area (Å²) < 4.78 is 57.5. The van der Waals surface area contributed by atoms with Crippen molar-refractivity contribution < 1.29 is 27.1 Å². The van der Waals surface area contributed by atoms with E-state index in [1.165, 1.54) is 23.1 Å². The van der Waals surface area contributed by atoms with Crippen LogP contribution in [0.3, 0.4) is 0 Å². The molecule has 0 spiro atoms. The summed E-state index contributed by atoms with van der Waals surface area (Å²) in [6.07, 6.45) is -1.87. The number of carbonyl (C=O) groups excluding carboxylic acids is 1. The molecule has 1 aliphatic heterocycles. The first-order chi connectivity index (χ1) is 12.8. The maximum absolute atomic E-state index is 13.0. The number of ether oxygens (including phenoxy) is 1. The quantitative estimate of drug-likeness (QED) is 0.820. The molecule has 2 amide bonds. The second kappa shape index (κ2) is 7.77. The second-order valence-electron chi connectivity index (χ2n) is 5.99. The van der Waals surface area contributed by atoms with Gasteiger partial charge in [0.05, 0.1) is 30.2 Å². The Kier molecular flexibility index (Phi) is 5.43. The minimum Gasteiger partial charge on any atom is -0.458 e. The lowest BCUT2D eigenvalue weighted by Crippen LogP contribution is -2.46. The van der Waals surface area contributed by atoms with Crippen molar-refractivity contribution in [3.63, 3.8) is 0 Å². The van der Waals surface area contributed by atoms with Crippen LogP contribution in [0.1, 0.15) is 18.4 Å². The first-order valence-corrected chi connectivity index (χ1v) is 8.19. The van der Waals surface area contributed by atoms with Gasteiger partial charge in [-0.25, -0.2) is 19.2 Å². The molecule has 3 rings (SSSR count). The summed E-state index contributed by atoms with van der Waals surface area (Å²) in [4.78, 5) is 21.2. The number of amides is 2. The average molecular weight is 384 g/mol. The molecule has 1 aromatic carbocycles. The summed E-state index contributed by atoms with van der Waals surface area (Å²) >= 11 is 0. The Morgan fingerprint density at radius 3 is 2.63 bits per heavy atom. The lowest BCUT2D eigenvalue weighted by molar-refractivity contribution is -0.136. The number of nitrogens with zero attached hydrogens (tertiary/aromatic N) is 3. The van der Waals surface area contributed by atoms with Gasteiger partial charge < -0.3 is 15.0 Å². The summed E-state index contributed by atoms with van der Waals surface area (Å²) in [5, 5.41) is 2.31. The van der Waals surface area contributed by atoms with Crippen molar-refractivity contribution in [3.8, 4) is 6.01 Å². The molecule has 144 valence electrons. The standard InChI is InChI=1S/C17H16F4N4O2/c18-11-8-22-15(23-9-11)27-12-4-3-7-25(10-12)16(26)24-14-6-2-1-5-13(14)17(19,20)21/h1-2,5-6,8-9,12H,3-4,7,10H2,(H,24,26). The Morgan fingerprint density at radius 2 is 1.93 bits per heavy atom. The Bertz CT molecular complexity index is 798. The molecule has 1 aromatic heterocycles. The highest BCUT2D eigenvalue weighted by Gasteiger charge is 2.34. The largest absolute Gasteiger partial charge is 0.458 e. The third-order valence-electron chi connectivity index (χ3n) is 4.01. The van der Waals surface area contributed by atoms with Crippen LogP contribution in [0.25, 0.3) is 0 Å². The van der Waals surface area contributed by atoms with Crippen molar-refractivity contribution in [2.75, 3.05) is 18.4 Å². The molecule has 1 unspecified atom stereocenters. The van der Waals surface area contributed by atoms with E-state index in [0.29, 0.717) is 19.4 Å². The summed E-state index contributed by atoms with van der Waals surface area (Å²) in [5.74, 6) is -0.602. The molecule has 2 aromatic rings. The van der Waals surface area contributed by atoms with Crippen LogP contribution in [0.15, 0.2) is 36.7 Å². The van der Waals surface area contributed by atoms with E-state index < -0.39 is 29.7 Å². The molecule has 1 fully saturated rings. The van der Waals surface area contributed by atoms with E-state index in [9.17, 15) is 22.4 Å². The number of benzene rings is 1. The highest BCUT2D eigenvalue weighted by Crippen LogP contribution is 2.34. The summed E-state index contributed by atoms with van der Waals surface area (Å²) in [7, 11) is 0. The van der Waals surface area contributed by atoms with Crippen LogP contribution in [0.4, 0.5) is 28.0 Å². The molecule has 6 nitrogen and oxygen atoms in total. The van der Waals surface area contributed by atoms with E-state index in [0.717, 1.165) is 18.5 Å². The number of anilines is 1. The number of halogens is 4. The van der Waals surface area contributed by atoms with E-state index in [2.05, 4.69) is 15.3 Å². The number of likely N-dealkylation sites (tertiary alicyclic amines) is 1. The average Bonchev–Trinajstić information content (AvgIpc) is 2.63. The van der Waals surface area contributed by atoms with Gasteiger partial charge in [-0.15, -0.1) is 0 Å². The van der Waals surface area contributed by atoms with Crippen molar-refractivity contribution in [3.05, 3.63) is 48.0 Å². The topological polar surface area (TPSA) is 67.4 Å². The van der Waals surface area contributed by atoms with E-state index in [1.807, 2.05) is 0 Å². The molecule has 1 aliphatic rings. The molecule has 0 saturated carbocycles. The maximum atomic E-state index is 13.0. The predicted molar refractivity (Wildman–Crippen MR) is 87.7 cm³/mol. The molecular weight excluding hydrogens is 368 g/mol. The van der Waals surface area contributed by atoms with Crippen LogP contribution >= 0.6 is 0 Å². The van der Waals surface area contributed by atoms with E-state index in [-0.39, 0.29) is 18.2 Å². The van der Waals surface area contributed by atoms with Crippen molar-refractivity contribution in [2.45, 2.75) is 25.1 Å². The molecule has 2 heterocycles. The van der Waals surface area contributed by atoms with Gasteiger partial charge in [-0.2, -0.15) is 13.2 Å². The Labute approximate surface area is 152 Å². The molecule has 27 heavy (non-hydrogen) atoms. The van der Waals surface area contributed by atoms with Crippen LogP contribution in [0.5, 0.6) is 6.01 Å². The van der Waals surface area contributed by atoms with E-state index in [1.54, 1.807) is 0 Å². The van der Waals surface area contributed by atoms with Gasteiger partial charge in [-0.3, -0.25) is 0 Å². The fourth-order valence-electron chi connectivity index (χ4n) is 2.76. The van der Waals surface area contributed by atoms with Gasteiger partial charge in [0.15, 0.2) is 5.82 Å². The number of hydrogen-bond donors (Lipinski definition) is 1. The van der Waals surface area contributed by atoms with Gasteiger partial charge in [0.1, 0.15) is 6.10 Å². The van der Waals surface area contributed by atoms with Crippen LogP contribution < -0.4 is 10.1 Å². The zero-order chi connectivity index (χ0) is 19.4. The fourth-order valence-corrected chi connectivity index (χ4v) is 2.76. The summed E-state index contributed by atoms with van der Waals surface area (Å²) in [6.45, 7) is 0.533. The first kappa shape index (κ1) is 18.9. The molecular formula is C17H16F4N4O2. The van der Waals surface area contributed by atoms with Crippen LogP contribution in [0, 0.1) is 5.82 Å². The molecule has 1 atom stereocenters. The van der Waals surface area contributed by atoms with Crippen LogP contribution in [-0.4, -0.2) is 40.1 Å². The van der Waals surface area contributed by atoms with Crippen LogP contribution in [-0.2, 0) is 6.18 Å². The minimum absolute atomic E-state index is 0.0222. The monoisotopic (exact) mass is 384 g/mol. The number of hydrogen-bond acceptors (Lipinski definition) is 4. The Morgan fingerprint density at radius 1 is 1.22 bits per heavy atom. The maximum Gasteiger partial charge on any atom is 0.418 e. The second-order valence-corrected chi connectivity index (χ2v) is 5.99. The van der Waals surface area contributed by atoms with Crippen molar-refractivity contribution in [2.24, 2.45) is 0 Å². The number of rotatable bonds is 3. The number of urea groups is 1. The minimum atomic E-state index is -4.57. The molecule has 0 bridgehead atoms. The summed E-state index contributed by atoms with van der Waals surface area (Å²) in [6, 6.07) is 4.10. The van der Waals surface area contributed by atoms with Gasteiger partial charge in [0.25, 0.3) is 0 Å². The van der Waals surface area contributed by atoms with Gasteiger partial charge >= 0.3 is 18.2 Å². The molecule has 1 N–H and O–H groups in total. The third kappa shape index (κ3) is 4.83. The number of carbonyl (C=O) groups is 1. The van der Waals surface area contributed by atoms with E-state index in [4.69, 9.17) is 4.74 Å². The zero-order valence-corrected chi connectivity index (χ0v) is 14.0. The van der Waals surface area contributed by atoms with Crippen molar-refractivity contribution in [1.82, 2.24) is 14.9 Å². The number of nitrogens with one attached hydrogen (secondary N) is 1. The van der Waals surface area contributed by atoms with Crippen molar-refractivity contribution >= 4 is 11.7 Å². The lowest BCUT2D eigenvalue weighted by Gasteiger charge is -2.32. The number of alkyl halides is 3. The predicted octanol–water partition coefficient (Wildman–Crippen LogP) is 3.71. The zero-order valence-electron chi connectivity index (χ0n) is 14.0. The number of piperidine rings is 1. The van der Waals surface area contributed by atoms with Gasteiger partial charge in [-0.1, -0.05) is 12.1 Å². The number of para-hydroxylation sites is 1. The van der Waals surface area contributed by atoms with E-state index >= 15 is 0 Å². The normalized spacial score (nSPS) is 17.5. The number of aromatic nitrogens is 2. The first-order valence-electron chi connectivity index (χ1n) is 8.19. The molecule has 1 saturated heterocycles. The molecule has 0 radical (unpaired) electrons. The molecule has 10 heteroatoms. The van der Waals surface area contributed by atoms with Crippen LogP contribution in [0.2, 0.25) is 0 Å². The lowest BCUT2D eigenvalue weighted by atomic mass is 10.1. The van der Waals surface area contributed by atoms with Gasteiger partial charge in [0.2, 0.25) is 0 Å². The highest BCUT2D eigenvalue weighted by molar-refractivity contribution is 5.90. The third-order valence-corrected chi connectivity index (χ3v) is 4.01. The smallest absolute Gasteiger partial charge is 0.418 e. The Hall–Kier alpha value is -2.91. The van der Waals surface area contributed by atoms with Gasteiger partial charge in [0, 0.05) is 6.54 Å². The highest BCUT2D eigenvalue weighted by atomic mass is 19.4. The Balaban J connectivity index is 1.64. The van der Waals surface area contributed by atoms with Gasteiger partial charge in [-0.05, 0) is 25.0 Å². The SMILES string of the molecule is O=C(Nc1ccccc1C(F)(F)F)N1CCCC(Oc2ncc(F)cn2)C1.